The maximum Gasteiger partial charge on any atom is 0.143 e. The van der Waals surface area contributed by atoms with E-state index in [2.05, 4.69) is 36.8 Å². The Balaban J connectivity index is 2.22. The van der Waals surface area contributed by atoms with E-state index in [1.165, 1.54) is 5.69 Å². The minimum absolute atomic E-state index is 0.187. The van der Waals surface area contributed by atoms with Crippen LogP contribution in [-0.4, -0.2) is 44.2 Å². The van der Waals surface area contributed by atoms with Crippen LogP contribution in [0.5, 0.6) is 5.75 Å². The third-order valence-corrected chi connectivity index (χ3v) is 3.90. The first-order valence-electron chi connectivity index (χ1n) is 6.34. The summed E-state index contributed by atoms with van der Waals surface area (Å²) in [4.78, 5) is 4.79. The molecule has 0 aromatic heterocycles. The molecule has 0 saturated carbocycles. The molecule has 4 nitrogen and oxygen atoms in total. The Morgan fingerprint density at radius 3 is 2.61 bits per heavy atom. The van der Waals surface area contributed by atoms with Gasteiger partial charge in [-0.1, -0.05) is 0 Å². The molecule has 0 unspecified atom stereocenters. The van der Waals surface area contributed by atoms with E-state index < -0.39 is 0 Å². The van der Waals surface area contributed by atoms with Gasteiger partial charge in [0.25, 0.3) is 0 Å². The zero-order valence-electron chi connectivity index (χ0n) is 11.7. The highest BCUT2D eigenvalue weighted by molar-refractivity contribution is 5.62. The van der Waals surface area contributed by atoms with Crippen LogP contribution >= 0.6 is 0 Å². The number of anilines is 2. The lowest BCUT2D eigenvalue weighted by Crippen LogP contribution is -2.57. The van der Waals surface area contributed by atoms with E-state index in [1.807, 2.05) is 12.1 Å². The molecule has 100 valence electrons. The summed E-state index contributed by atoms with van der Waals surface area (Å²) in [6, 6.07) is 6.01. The van der Waals surface area contributed by atoms with E-state index in [-0.39, 0.29) is 5.54 Å². The second-order valence-electron chi connectivity index (χ2n) is 5.58. The fourth-order valence-electron chi connectivity index (χ4n) is 2.36. The molecule has 1 aromatic carbocycles. The largest absolute Gasteiger partial charge is 0.495 e. The molecule has 1 saturated heterocycles. The predicted octanol–water partition coefficient (Wildman–Crippen LogP) is 1.81. The lowest BCUT2D eigenvalue weighted by atomic mass is 9.99. The summed E-state index contributed by atoms with van der Waals surface area (Å²) < 4.78 is 5.29. The molecular weight excluding hydrogens is 226 g/mol. The molecular formula is C14H23N3O. The number of rotatable bonds is 2. The van der Waals surface area contributed by atoms with Crippen molar-refractivity contribution >= 4 is 11.4 Å². The van der Waals surface area contributed by atoms with Crippen molar-refractivity contribution in [1.82, 2.24) is 4.90 Å². The summed E-state index contributed by atoms with van der Waals surface area (Å²) in [7, 11) is 3.84. The van der Waals surface area contributed by atoms with Crippen LogP contribution in [0.15, 0.2) is 18.2 Å². The van der Waals surface area contributed by atoms with Gasteiger partial charge >= 0.3 is 0 Å². The quantitative estimate of drug-likeness (QED) is 0.812. The maximum absolute atomic E-state index is 5.85. The zero-order valence-corrected chi connectivity index (χ0v) is 11.7. The van der Waals surface area contributed by atoms with Gasteiger partial charge < -0.3 is 15.4 Å². The summed E-state index contributed by atoms with van der Waals surface area (Å²) in [5.74, 6) is 0.754. The first kappa shape index (κ1) is 13.0. The normalized spacial score (nSPS) is 19.9. The van der Waals surface area contributed by atoms with Crippen molar-refractivity contribution in [3.63, 3.8) is 0 Å². The number of likely N-dealkylation sites (N-methyl/N-ethyl adjacent to an activating group) is 1. The number of benzene rings is 1. The molecule has 0 amide bonds. The Hall–Kier alpha value is -1.42. The SMILES string of the molecule is COc1cc(N2CCN(C)C(C)(C)C2)ccc1N. The van der Waals surface area contributed by atoms with E-state index in [0.29, 0.717) is 5.69 Å². The van der Waals surface area contributed by atoms with Crippen molar-refractivity contribution in [2.45, 2.75) is 19.4 Å². The van der Waals surface area contributed by atoms with Crippen molar-refractivity contribution in [2.24, 2.45) is 0 Å². The molecule has 1 fully saturated rings. The fourth-order valence-corrected chi connectivity index (χ4v) is 2.36. The number of nitrogens with two attached hydrogens (primary N) is 1. The van der Waals surface area contributed by atoms with Crippen LogP contribution < -0.4 is 15.4 Å². The minimum Gasteiger partial charge on any atom is -0.495 e. The van der Waals surface area contributed by atoms with E-state index in [9.17, 15) is 0 Å². The molecule has 1 aliphatic rings. The lowest BCUT2D eigenvalue weighted by molar-refractivity contribution is 0.139. The van der Waals surface area contributed by atoms with Gasteiger partial charge in [-0.15, -0.1) is 0 Å². The van der Waals surface area contributed by atoms with Crippen molar-refractivity contribution in [1.29, 1.82) is 0 Å². The summed E-state index contributed by atoms with van der Waals surface area (Å²) in [5, 5.41) is 0. The highest BCUT2D eigenvalue weighted by Crippen LogP contribution is 2.30. The summed E-state index contributed by atoms with van der Waals surface area (Å²) >= 11 is 0. The number of nitrogens with zero attached hydrogens (tertiary/aromatic N) is 2. The molecule has 2 rings (SSSR count). The van der Waals surface area contributed by atoms with Gasteiger partial charge in [0.15, 0.2) is 0 Å². The molecule has 1 aromatic rings. The standard InChI is InChI=1S/C14H23N3O/c1-14(2)10-17(8-7-16(14)3)11-5-6-12(15)13(9-11)18-4/h5-6,9H,7-8,10,15H2,1-4H3. The van der Waals surface area contributed by atoms with Crippen LogP contribution in [0, 0.1) is 0 Å². The highest BCUT2D eigenvalue weighted by atomic mass is 16.5. The molecule has 4 heteroatoms. The number of ether oxygens (including phenoxy) is 1. The number of piperazine rings is 1. The van der Waals surface area contributed by atoms with E-state index in [0.717, 1.165) is 25.4 Å². The molecule has 2 N–H and O–H groups in total. The van der Waals surface area contributed by atoms with Crippen molar-refractivity contribution in [3.05, 3.63) is 18.2 Å². The third-order valence-electron chi connectivity index (χ3n) is 3.90. The lowest BCUT2D eigenvalue weighted by Gasteiger charge is -2.46. The van der Waals surface area contributed by atoms with Gasteiger partial charge in [-0.25, -0.2) is 0 Å². The van der Waals surface area contributed by atoms with Crippen LogP contribution in [-0.2, 0) is 0 Å². The molecule has 0 bridgehead atoms. The average molecular weight is 249 g/mol. The second kappa shape index (κ2) is 4.69. The van der Waals surface area contributed by atoms with E-state index >= 15 is 0 Å². The first-order chi connectivity index (χ1) is 8.44. The number of nitrogen functional groups attached to an aromatic ring is 1. The fraction of sp³-hybridized carbons (Fsp3) is 0.571. The Kier molecular flexibility index (Phi) is 3.39. The van der Waals surface area contributed by atoms with Gasteiger partial charge in [-0.2, -0.15) is 0 Å². The molecule has 1 heterocycles. The van der Waals surface area contributed by atoms with Gasteiger partial charge in [-0.05, 0) is 33.0 Å². The number of hydrogen-bond acceptors (Lipinski definition) is 4. The van der Waals surface area contributed by atoms with Crippen LogP contribution in [0.4, 0.5) is 11.4 Å². The van der Waals surface area contributed by atoms with Crippen molar-refractivity contribution < 1.29 is 4.74 Å². The van der Waals surface area contributed by atoms with E-state index in [4.69, 9.17) is 10.5 Å². The van der Waals surface area contributed by atoms with Gasteiger partial charge in [0, 0.05) is 36.9 Å². The van der Waals surface area contributed by atoms with Crippen LogP contribution in [0.1, 0.15) is 13.8 Å². The maximum atomic E-state index is 5.85. The Labute approximate surface area is 109 Å². The molecule has 0 spiro atoms. The van der Waals surface area contributed by atoms with Crippen LogP contribution in [0.25, 0.3) is 0 Å². The Morgan fingerprint density at radius 2 is 2.00 bits per heavy atom. The topological polar surface area (TPSA) is 41.7 Å². The molecule has 0 atom stereocenters. The number of methoxy groups -OCH3 is 1. The van der Waals surface area contributed by atoms with Gasteiger partial charge in [0.1, 0.15) is 5.75 Å². The van der Waals surface area contributed by atoms with Gasteiger partial charge in [0.2, 0.25) is 0 Å². The molecule has 1 aliphatic heterocycles. The molecule has 0 radical (unpaired) electrons. The Morgan fingerprint density at radius 1 is 1.28 bits per heavy atom. The van der Waals surface area contributed by atoms with Crippen molar-refractivity contribution in [2.75, 3.05) is 44.4 Å². The van der Waals surface area contributed by atoms with E-state index in [1.54, 1.807) is 7.11 Å². The van der Waals surface area contributed by atoms with Crippen LogP contribution in [0.3, 0.4) is 0 Å². The molecule has 18 heavy (non-hydrogen) atoms. The average Bonchev–Trinajstić information content (AvgIpc) is 2.33. The zero-order chi connectivity index (χ0) is 13.3. The summed E-state index contributed by atoms with van der Waals surface area (Å²) in [6.45, 7) is 7.66. The summed E-state index contributed by atoms with van der Waals surface area (Å²) in [5.41, 5.74) is 7.91. The first-order valence-corrected chi connectivity index (χ1v) is 6.34. The third kappa shape index (κ3) is 2.38. The van der Waals surface area contributed by atoms with Gasteiger partial charge in [0.05, 0.1) is 12.8 Å². The summed E-state index contributed by atoms with van der Waals surface area (Å²) in [6.07, 6.45) is 0. The monoisotopic (exact) mass is 249 g/mol. The van der Waals surface area contributed by atoms with Crippen LogP contribution in [0.2, 0.25) is 0 Å². The predicted molar refractivity (Wildman–Crippen MR) is 76.3 cm³/mol. The molecule has 0 aliphatic carbocycles. The second-order valence-corrected chi connectivity index (χ2v) is 5.58. The number of hydrogen-bond donors (Lipinski definition) is 1. The minimum atomic E-state index is 0.187. The Bertz CT molecular complexity index is 431. The van der Waals surface area contributed by atoms with Crippen molar-refractivity contribution in [3.8, 4) is 5.75 Å². The smallest absolute Gasteiger partial charge is 0.143 e. The van der Waals surface area contributed by atoms with Gasteiger partial charge in [-0.3, -0.25) is 4.90 Å². The highest BCUT2D eigenvalue weighted by Gasteiger charge is 2.31.